The summed E-state index contributed by atoms with van der Waals surface area (Å²) >= 11 is 0. The summed E-state index contributed by atoms with van der Waals surface area (Å²) in [5.41, 5.74) is 1.25. The molecule has 1 rings (SSSR count). The second-order valence-electron chi connectivity index (χ2n) is 6.92. The van der Waals surface area contributed by atoms with Crippen LogP contribution in [0.2, 0.25) is 18.1 Å². The molecule has 0 fully saturated rings. The molecule has 0 bridgehead atoms. The summed E-state index contributed by atoms with van der Waals surface area (Å²) in [7, 11) is -3.54. The number of nitrogens with two attached hydrogens (primary N) is 1. The van der Waals surface area contributed by atoms with Crippen LogP contribution in [-0.2, 0) is 20.4 Å². The lowest BCUT2D eigenvalue weighted by molar-refractivity contribution is 0.0600. The first kappa shape index (κ1) is 18.9. The van der Waals surface area contributed by atoms with Crippen molar-refractivity contribution in [2.75, 3.05) is 7.11 Å². The number of carbonyl (C=O) groups excluding carboxylic acids is 1. The molecule has 7 heteroatoms. The molecule has 0 saturated carbocycles. The number of esters is 1. The minimum Gasteiger partial charge on any atom is -0.465 e. The lowest BCUT2D eigenvalue weighted by Gasteiger charge is -2.32. The van der Waals surface area contributed by atoms with Gasteiger partial charge in [0.05, 0.1) is 18.4 Å². The molecule has 0 saturated heterocycles. The molecule has 1 aromatic rings. The van der Waals surface area contributed by atoms with Gasteiger partial charge < -0.3 is 4.74 Å². The van der Waals surface area contributed by atoms with Crippen molar-refractivity contribution in [2.24, 2.45) is 9.17 Å². The normalized spacial score (nSPS) is 15.0. The predicted octanol–water partition coefficient (Wildman–Crippen LogP) is 3.32. The molecular formula is C15H26N2O3SSi. The Morgan fingerprint density at radius 2 is 1.77 bits per heavy atom. The van der Waals surface area contributed by atoms with Gasteiger partial charge in [0.15, 0.2) is 8.24 Å². The van der Waals surface area contributed by atoms with Crippen LogP contribution in [0.25, 0.3) is 0 Å². The van der Waals surface area contributed by atoms with Crippen LogP contribution in [0.15, 0.2) is 28.3 Å². The van der Waals surface area contributed by atoms with E-state index in [1.807, 2.05) is 0 Å². The first-order valence-electron chi connectivity index (χ1n) is 7.09. The highest BCUT2D eigenvalue weighted by Crippen LogP contribution is 2.37. The third-order valence-electron chi connectivity index (χ3n) is 3.97. The van der Waals surface area contributed by atoms with Crippen LogP contribution in [0.1, 0.15) is 36.7 Å². The highest BCUT2D eigenvalue weighted by molar-refractivity contribution is 7.91. The highest BCUT2D eigenvalue weighted by atomic mass is 32.2. The number of benzene rings is 1. The Morgan fingerprint density at radius 1 is 1.27 bits per heavy atom. The van der Waals surface area contributed by atoms with E-state index < -0.39 is 24.1 Å². The van der Waals surface area contributed by atoms with Gasteiger partial charge in [-0.15, -0.1) is 0 Å². The Morgan fingerprint density at radius 3 is 2.18 bits per heavy atom. The average Bonchev–Trinajstić information content (AvgIpc) is 2.35. The van der Waals surface area contributed by atoms with Crippen molar-refractivity contribution in [3.8, 4) is 0 Å². The molecule has 22 heavy (non-hydrogen) atoms. The van der Waals surface area contributed by atoms with Gasteiger partial charge in [0.1, 0.15) is 9.92 Å². The fourth-order valence-electron chi connectivity index (χ4n) is 1.65. The third kappa shape index (κ3) is 4.93. The van der Waals surface area contributed by atoms with Crippen molar-refractivity contribution in [3.05, 3.63) is 35.4 Å². The van der Waals surface area contributed by atoms with E-state index in [1.165, 1.54) is 7.11 Å². The molecule has 1 unspecified atom stereocenters. The zero-order valence-corrected chi connectivity index (χ0v) is 16.0. The molecule has 0 aliphatic heterocycles. The second-order valence-corrected chi connectivity index (χ2v) is 13.9. The van der Waals surface area contributed by atoms with Crippen molar-refractivity contribution in [1.82, 2.24) is 0 Å². The second kappa shape index (κ2) is 6.52. The van der Waals surface area contributed by atoms with E-state index in [9.17, 15) is 9.00 Å². The summed E-state index contributed by atoms with van der Waals surface area (Å²) in [6.45, 7) is 10.4. The molecule has 1 atom stereocenters. The molecule has 0 amide bonds. The molecule has 0 heterocycles. The zero-order valence-electron chi connectivity index (χ0n) is 14.2. The van der Waals surface area contributed by atoms with Gasteiger partial charge in [0, 0.05) is 0 Å². The average molecular weight is 343 g/mol. The Kier molecular flexibility index (Phi) is 5.59. The minimum absolute atomic E-state index is 0.0101. The minimum atomic E-state index is -2.79. The topological polar surface area (TPSA) is 81.8 Å². The molecule has 124 valence electrons. The molecule has 0 spiro atoms. The van der Waals surface area contributed by atoms with E-state index in [0.29, 0.717) is 5.56 Å². The van der Waals surface area contributed by atoms with Crippen molar-refractivity contribution < 1.29 is 13.7 Å². The van der Waals surface area contributed by atoms with E-state index in [0.717, 1.165) is 5.56 Å². The lowest BCUT2D eigenvalue weighted by atomic mass is 10.1. The van der Waals surface area contributed by atoms with Gasteiger partial charge in [0.25, 0.3) is 0 Å². The van der Waals surface area contributed by atoms with Gasteiger partial charge in [-0.3, -0.25) is 4.03 Å². The van der Waals surface area contributed by atoms with Gasteiger partial charge in [-0.1, -0.05) is 32.9 Å². The third-order valence-corrected chi connectivity index (χ3v) is 11.4. The van der Waals surface area contributed by atoms with Crippen LogP contribution in [0.5, 0.6) is 0 Å². The summed E-state index contributed by atoms with van der Waals surface area (Å²) in [4.78, 5) is 11.4. The number of carbonyl (C=O) groups is 1. The van der Waals surface area contributed by atoms with Crippen LogP contribution in [-0.4, -0.2) is 25.5 Å². The van der Waals surface area contributed by atoms with Gasteiger partial charge in [-0.2, -0.15) is 0 Å². The molecule has 0 radical (unpaired) electrons. The van der Waals surface area contributed by atoms with Crippen LogP contribution in [0.3, 0.4) is 0 Å². The fraction of sp³-hybridized carbons (Fsp3) is 0.533. The highest BCUT2D eigenvalue weighted by Gasteiger charge is 2.37. The first-order valence-corrected chi connectivity index (χ1v) is 11.8. The number of ether oxygens (including phenoxy) is 1. The number of hydrogen-bond donors (Lipinski definition) is 1. The summed E-state index contributed by atoms with van der Waals surface area (Å²) < 4.78 is 21.8. The smallest absolute Gasteiger partial charge is 0.337 e. The van der Waals surface area contributed by atoms with Crippen molar-refractivity contribution in [1.29, 1.82) is 0 Å². The Balaban J connectivity index is 3.03. The summed E-state index contributed by atoms with van der Waals surface area (Å²) in [5.74, 6) is -0.216. The fourth-order valence-corrected chi connectivity index (χ4v) is 6.76. The van der Waals surface area contributed by atoms with Crippen LogP contribution >= 0.6 is 0 Å². The van der Waals surface area contributed by atoms with Crippen LogP contribution < -0.4 is 5.14 Å². The largest absolute Gasteiger partial charge is 0.465 e. The Bertz CT molecular complexity index is 654. The molecule has 5 nitrogen and oxygen atoms in total. The maximum atomic E-state index is 12.6. The van der Waals surface area contributed by atoms with Crippen molar-refractivity contribution >= 4 is 24.1 Å². The zero-order chi connectivity index (χ0) is 17.2. The van der Waals surface area contributed by atoms with Crippen LogP contribution in [0, 0.1) is 0 Å². The molecule has 0 aliphatic carbocycles. The number of rotatable bonds is 4. The SMILES string of the molecule is COC(=O)c1ccc(CS(N)(=O)=N[Si](C)(C)C(C)(C)C)cc1. The van der Waals surface area contributed by atoms with Crippen LogP contribution in [0.4, 0.5) is 0 Å². The van der Waals surface area contributed by atoms with E-state index >= 15 is 0 Å². The maximum Gasteiger partial charge on any atom is 0.337 e. The lowest BCUT2D eigenvalue weighted by Crippen LogP contribution is -2.37. The Labute approximate surface area is 134 Å². The van der Waals surface area contributed by atoms with Gasteiger partial charge in [0.2, 0.25) is 0 Å². The first-order chi connectivity index (χ1) is 9.88. The number of nitrogens with zero attached hydrogens (tertiary/aromatic N) is 1. The number of hydrogen-bond acceptors (Lipinski definition) is 4. The van der Waals surface area contributed by atoms with Crippen molar-refractivity contribution in [3.63, 3.8) is 0 Å². The van der Waals surface area contributed by atoms with Gasteiger partial charge in [-0.05, 0) is 35.8 Å². The monoisotopic (exact) mass is 342 g/mol. The standard InChI is InChI=1S/C15H26N2O3SSi/c1-15(2,3)22(5,6)17-21(16,19)11-12-7-9-13(10-8-12)14(18)20-4/h7-10H,11H2,1-6H3,(H2,16,17,19). The summed E-state index contributed by atoms with van der Waals surface area (Å²) in [5, 5.41) is 5.95. The van der Waals surface area contributed by atoms with E-state index in [1.54, 1.807) is 24.3 Å². The van der Waals surface area contributed by atoms with Gasteiger partial charge >= 0.3 is 5.97 Å². The van der Waals surface area contributed by atoms with Crippen molar-refractivity contribution in [2.45, 2.75) is 44.7 Å². The van der Waals surface area contributed by atoms with E-state index in [4.69, 9.17) is 5.14 Å². The molecular weight excluding hydrogens is 316 g/mol. The Hall–Kier alpha value is -1.18. The number of methoxy groups -OCH3 is 1. The summed E-state index contributed by atoms with van der Waals surface area (Å²) in [6, 6.07) is 6.76. The quantitative estimate of drug-likeness (QED) is 0.673. The molecule has 2 N–H and O–H groups in total. The van der Waals surface area contributed by atoms with E-state index in [-0.39, 0.29) is 10.8 Å². The van der Waals surface area contributed by atoms with E-state index in [2.05, 4.69) is 42.6 Å². The summed E-state index contributed by atoms with van der Waals surface area (Å²) in [6.07, 6.45) is 0. The molecule has 0 aliphatic rings. The maximum absolute atomic E-state index is 12.6. The van der Waals surface area contributed by atoms with Gasteiger partial charge in [-0.25, -0.2) is 14.1 Å². The molecule has 0 aromatic heterocycles. The predicted molar refractivity (Wildman–Crippen MR) is 93.4 cm³/mol. The molecule has 1 aromatic carbocycles.